The summed E-state index contributed by atoms with van der Waals surface area (Å²) >= 11 is 3.28. The van der Waals surface area contributed by atoms with E-state index in [0.717, 1.165) is 32.6 Å². The van der Waals surface area contributed by atoms with Gasteiger partial charge in [-0.05, 0) is 60.4 Å². The van der Waals surface area contributed by atoms with E-state index in [9.17, 15) is 9.18 Å². The molecule has 0 aromatic heterocycles. The summed E-state index contributed by atoms with van der Waals surface area (Å²) in [7, 11) is 0. The van der Waals surface area contributed by atoms with Crippen LogP contribution in [0.1, 0.15) is 29.6 Å². The molecule has 2 aliphatic heterocycles. The highest BCUT2D eigenvalue weighted by Gasteiger charge is 2.33. The number of carbonyl (C=O) groups is 1. The molecular weight excluding hydrogens is 323 g/mol. The van der Waals surface area contributed by atoms with Crippen LogP contribution >= 0.6 is 15.9 Å². The molecule has 0 saturated carbocycles. The molecular formula is C15H18BrFN2O. The number of carbonyl (C=O) groups excluding carboxylic acids is 1. The van der Waals surface area contributed by atoms with Crippen LogP contribution in [0.15, 0.2) is 22.7 Å². The topological polar surface area (TPSA) is 23.6 Å². The SMILES string of the molecule is O=C(c1c(F)cccc1Br)N1CCC(N2CCCC2)C1. The minimum Gasteiger partial charge on any atom is -0.337 e. The summed E-state index contributed by atoms with van der Waals surface area (Å²) in [5, 5.41) is 0. The highest BCUT2D eigenvalue weighted by Crippen LogP contribution is 2.25. The lowest BCUT2D eigenvalue weighted by Gasteiger charge is -2.23. The molecule has 0 bridgehead atoms. The maximum atomic E-state index is 13.9. The van der Waals surface area contributed by atoms with Crippen molar-refractivity contribution < 1.29 is 9.18 Å². The average Bonchev–Trinajstić information content (AvgIpc) is 3.09. The van der Waals surface area contributed by atoms with Gasteiger partial charge in [0.1, 0.15) is 5.82 Å². The normalized spacial score (nSPS) is 23.5. The van der Waals surface area contributed by atoms with Crippen LogP contribution in [0.4, 0.5) is 4.39 Å². The third-order valence-corrected chi connectivity index (χ3v) is 4.95. The van der Waals surface area contributed by atoms with Crippen molar-refractivity contribution in [2.75, 3.05) is 26.2 Å². The van der Waals surface area contributed by atoms with E-state index >= 15 is 0 Å². The summed E-state index contributed by atoms with van der Waals surface area (Å²) in [6.07, 6.45) is 3.50. The molecule has 2 heterocycles. The van der Waals surface area contributed by atoms with E-state index in [1.165, 1.54) is 18.9 Å². The third-order valence-electron chi connectivity index (χ3n) is 4.28. The van der Waals surface area contributed by atoms with Gasteiger partial charge in [-0.15, -0.1) is 0 Å². The van der Waals surface area contributed by atoms with Gasteiger partial charge in [-0.2, -0.15) is 0 Å². The molecule has 5 heteroatoms. The van der Waals surface area contributed by atoms with Crippen molar-refractivity contribution in [3.05, 3.63) is 34.1 Å². The van der Waals surface area contributed by atoms with Gasteiger partial charge in [0.2, 0.25) is 0 Å². The standard InChI is InChI=1S/C15H18BrFN2O/c16-12-4-3-5-13(17)14(12)15(20)19-9-6-11(10-19)18-7-1-2-8-18/h3-5,11H,1-2,6-10H2. The summed E-state index contributed by atoms with van der Waals surface area (Å²) in [6.45, 7) is 3.71. The van der Waals surface area contributed by atoms with Gasteiger partial charge in [-0.1, -0.05) is 6.07 Å². The number of hydrogen-bond donors (Lipinski definition) is 0. The van der Waals surface area contributed by atoms with Crippen molar-refractivity contribution in [1.82, 2.24) is 9.80 Å². The number of likely N-dealkylation sites (tertiary alicyclic amines) is 2. The quantitative estimate of drug-likeness (QED) is 0.826. The number of nitrogens with zero attached hydrogens (tertiary/aromatic N) is 2. The lowest BCUT2D eigenvalue weighted by atomic mass is 10.2. The van der Waals surface area contributed by atoms with Gasteiger partial charge in [0.15, 0.2) is 0 Å². The van der Waals surface area contributed by atoms with Crippen molar-refractivity contribution in [1.29, 1.82) is 0 Å². The van der Waals surface area contributed by atoms with Crippen LogP contribution in [0.5, 0.6) is 0 Å². The molecule has 0 N–H and O–H groups in total. The molecule has 108 valence electrons. The molecule has 1 aromatic carbocycles. The van der Waals surface area contributed by atoms with Gasteiger partial charge in [0, 0.05) is 23.6 Å². The minimum atomic E-state index is -0.450. The summed E-state index contributed by atoms with van der Waals surface area (Å²) in [5.74, 6) is -0.648. The van der Waals surface area contributed by atoms with Crippen molar-refractivity contribution in [2.45, 2.75) is 25.3 Å². The molecule has 1 atom stereocenters. The fourth-order valence-corrected chi connectivity index (χ4v) is 3.70. The van der Waals surface area contributed by atoms with Gasteiger partial charge < -0.3 is 4.90 Å². The second-order valence-electron chi connectivity index (χ2n) is 5.53. The fraction of sp³-hybridized carbons (Fsp3) is 0.533. The van der Waals surface area contributed by atoms with Crippen LogP contribution in [-0.4, -0.2) is 47.9 Å². The highest BCUT2D eigenvalue weighted by molar-refractivity contribution is 9.10. The molecule has 1 unspecified atom stereocenters. The largest absolute Gasteiger partial charge is 0.337 e. The molecule has 1 aromatic rings. The molecule has 1 amide bonds. The first-order valence-corrected chi connectivity index (χ1v) is 7.93. The summed E-state index contributed by atoms with van der Waals surface area (Å²) < 4.78 is 14.4. The first-order chi connectivity index (χ1) is 9.66. The Morgan fingerprint density at radius 1 is 1.25 bits per heavy atom. The van der Waals surface area contributed by atoms with Gasteiger partial charge >= 0.3 is 0 Å². The molecule has 3 rings (SSSR count). The lowest BCUT2D eigenvalue weighted by Crippen LogP contribution is -2.37. The van der Waals surface area contributed by atoms with E-state index in [-0.39, 0.29) is 11.5 Å². The van der Waals surface area contributed by atoms with Crippen LogP contribution in [-0.2, 0) is 0 Å². The summed E-state index contributed by atoms with van der Waals surface area (Å²) in [5.41, 5.74) is 0.162. The van der Waals surface area contributed by atoms with Crippen molar-refractivity contribution in [3.8, 4) is 0 Å². The van der Waals surface area contributed by atoms with Gasteiger partial charge in [-0.3, -0.25) is 9.69 Å². The fourth-order valence-electron chi connectivity index (χ4n) is 3.19. The Labute approximate surface area is 126 Å². The van der Waals surface area contributed by atoms with Crippen molar-refractivity contribution >= 4 is 21.8 Å². The number of rotatable bonds is 2. The smallest absolute Gasteiger partial charge is 0.258 e. The van der Waals surface area contributed by atoms with Crippen LogP contribution < -0.4 is 0 Å². The van der Waals surface area contributed by atoms with E-state index in [1.54, 1.807) is 17.0 Å². The Morgan fingerprint density at radius 3 is 2.70 bits per heavy atom. The van der Waals surface area contributed by atoms with Gasteiger partial charge in [-0.25, -0.2) is 4.39 Å². The Balaban J connectivity index is 1.72. The van der Waals surface area contributed by atoms with Crippen LogP contribution in [0.3, 0.4) is 0 Å². The zero-order valence-corrected chi connectivity index (χ0v) is 12.9. The Bertz CT molecular complexity index is 496. The van der Waals surface area contributed by atoms with E-state index in [0.29, 0.717) is 10.5 Å². The predicted molar refractivity (Wildman–Crippen MR) is 79.2 cm³/mol. The van der Waals surface area contributed by atoms with E-state index in [4.69, 9.17) is 0 Å². The van der Waals surface area contributed by atoms with Crippen molar-refractivity contribution in [3.63, 3.8) is 0 Å². The van der Waals surface area contributed by atoms with Crippen LogP contribution in [0, 0.1) is 5.82 Å². The Kier molecular flexibility index (Phi) is 4.08. The molecule has 2 aliphatic rings. The van der Waals surface area contributed by atoms with Gasteiger partial charge in [0.25, 0.3) is 5.91 Å². The second kappa shape index (κ2) is 5.82. The first-order valence-electron chi connectivity index (χ1n) is 7.14. The van der Waals surface area contributed by atoms with Crippen LogP contribution in [0.2, 0.25) is 0 Å². The monoisotopic (exact) mass is 340 g/mol. The zero-order chi connectivity index (χ0) is 14.1. The molecule has 2 fully saturated rings. The number of hydrogen-bond acceptors (Lipinski definition) is 2. The second-order valence-corrected chi connectivity index (χ2v) is 6.39. The highest BCUT2D eigenvalue weighted by atomic mass is 79.9. The van der Waals surface area contributed by atoms with E-state index in [2.05, 4.69) is 20.8 Å². The Morgan fingerprint density at radius 2 is 2.00 bits per heavy atom. The molecule has 3 nitrogen and oxygen atoms in total. The molecule has 20 heavy (non-hydrogen) atoms. The van der Waals surface area contributed by atoms with Crippen LogP contribution in [0.25, 0.3) is 0 Å². The van der Waals surface area contributed by atoms with E-state index in [1.807, 2.05) is 0 Å². The van der Waals surface area contributed by atoms with E-state index < -0.39 is 5.82 Å². The number of amides is 1. The average molecular weight is 341 g/mol. The van der Waals surface area contributed by atoms with Crippen molar-refractivity contribution in [2.24, 2.45) is 0 Å². The number of halogens is 2. The number of benzene rings is 1. The first kappa shape index (κ1) is 14.0. The molecule has 0 spiro atoms. The predicted octanol–water partition coefficient (Wildman–Crippen LogP) is 2.90. The molecule has 2 saturated heterocycles. The van der Waals surface area contributed by atoms with Gasteiger partial charge in [0.05, 0.1) is 5.56 Å². The Hall–Kier alpha value is -0.940. The minimum absolute atomic E-state index is 0.162. The molecule has 0 aliphatic carbocycles. The molecule has 0 radical (unpaired) electrons. The summed E-state index contributed by atoms with van der Waals surface area (Å²) in [6, 6.07) is 5.11. The zero-order valence-electron chi connectivity index (χ0n) is 11.3. The maximum absolute atomic E-state index is 13.9. The lowest BCUT2D eigenvalue weighted by molar-refractivity contribution is 0.0774. The maximum Gasteiger partial charge on any atom is 0.258 e. The summed E-state index contributed by atoms with van der Waals surface area (Å²) in [4.78, 5) is 16.7. The third kappa shape index (κ3) is 2.61.